The second-order valence-electron chi connectivity index (χ2n) is 9.58. The second-order valence-corrected chi connectivity index (χ2v) is 10.9. The van der Waals surface area contributed by atoms with Gasteiger partial charge in [-0.1, -0.05) is 50.3 Å². The van der Waals surface area contributed by atoms with Crippen LogP contribution in [-0.2, 0) is 14.9 Å². The average molecular weight is 489 g/mol. The number of aromatic carboxylic acids is 1. The number of ether oxygens (including phenoxy) is 2. The molecule has 0 unspecified atom stereocenters. The topological polar surface area (TPSA) is 55.8 Å². The highest BCUT2D eigenvalue weighted by atomic mass is 32.1. The van der Waals surface area contributed by atoms with Gasteiger partial charge < -0.3 is 14.6 Å². The van der Waals surface area contributed by atoms with Crippen molar-refractivity contribution in [3.63, 3.8) is 0 Å². The maximum Gasteiger partial charge on any atom is 0.335 e. The number of hydrogen-bond donors (Lipinski definition) is 1. The molecule has 0 bridgehead atoms. The Morgan fingerprint density at radius 3 is 2.34 bits per heavy atom. The Hall–Kier alpha value is -2.99. The molecule has 182 valence electrons. The van der Waals surface area contributed by atoms with E-state index in [0.29, 0.717) is 6.42 Å². The van der Waals surface area contributed by atoms with E-state index in [9.17, 15) is 9.90 Å². The van der Waals surface area contributed by atoms with Crippen molar-refractivity contribution in [2.24, 2.45) is 0 Å². The van der Waals surface area contributed by atoms with Gasteiger partial charge in [0.15, 0.2) is 6.29 Å². The lowest BCUT2D eigenvalue weighted by Gasteiger charge is -2.32. The predicted octanol–water partition coefficient (Wildman–Crippen LogP) is 7.42. The SMILES string of the molecule is COC(CC(=Cc1ccc2c(c1)C(c1ccc(C)s1)=CCC2(C)C)c1ccc(C(=O)O)cc1)OC. The van der Waals surface area contributed by atoms with E-state index in [1.807, 2.05) is 23.5 Å². The second kappa shape index (κ2) is 10.3. The van der Waals surface area contributed by atoms with Crippen LogP contribution in [0, 0.1) is 6.92 Å². The third-order valence-electron chi connectivity index (χ3n) is 6.64. The molecule has 1 aromatic heterocycles. The van der Waals surface area contributed by atoms with Crippen molar-refractivity contribution in [3.8, 4) is 0 Å². The number of carboxylic acids is 1. The Morgan fingerprint density at radius 1 is 1.06 bits per heavy atom. The largest absolute Gasteiger partial charge is 0.478 e. The van der Waals surface area contributed by atoms with E-state index in [-0.39, 0.29) is 11.0 Å². The van der Waals surface area contributed by atoms with Crippen molar-refractivity contribution in [1.82, 2.24) is 0 Å². The first-order valence-electron chi connectivity index (χ1n) is 11.7. The number of thiophene rings is 1. The highest BCUT2D eigenvalue weighted by Gasteiger charge is 2.29. The summed E-state index contributed by atoms with van der Waals surface area (Å²) >= 11 is 1.83. The first kappa shape index (κ1) is 25.1. The number of rotatable bonds is 8. The van der Waals surface area contributed by atoms with Gasteiger partial charge in [-0.25, -0.2) is 4.79 Å². The molecule has 1 aliphatic carbocycles. The van der Waals surface area contributed by atoms with E-state index >= 15 is 0 Å². The number of carboxylic acid groups (broad SMARTS) is 1. The normalized spacial score (nSPS) is 15.1. The molecule has 0 aliphatic heterocycles. The highest BCUT2D eigenvalue weighted by molar-refractivity contribution is 7.13. The summed E-state index contributed by atoms with van der Waals surface area (Å²) in [5.74, 6) is -0.936. The van der Waals surface area contributed by atoms with Gasteiger partial charge >= 0.3 is 5.97 Å². The van der Waals surface area contributed by atoms with Crippen molar-refractivity contribution in [2.45, 2.75) is 45.3 Å². The van der Waals surface area contributed by atoms with Crippen LogP contribution < -0.4 is 0 Å². The van der Waals surface area contributed by atoms with Crippen LogP contribution >= 0.6 is 11.3 Å². The third kappa shape index (κ3) is 5.48. The van der Waals surface area contributed by atoms with Crippen LogP contribution in [0.25, 0.3) is 17.2 Å². The minimum Gasteiger partial charge on any atom is -0.478 e. The zero-order valence-corrected chi connectivity index (χ0v) is 21.7. The van der Waals surface area contributed by atoms with Gasteiger partial charge in [-0.05, 0) is 82.5 Å². The van der Waals surface area contributed by atoms with Crippen LogP contribution in [0.2, 0.25) is 0 Å². The molecule has 1 N–H and O–H groups in total. The van der Waals surface area contributed by atoms with Gasteiger partial charge in [-0.15, -0.1) is 11.3 Å². The molecule has 1 aliphatic rings. The predicted molar refractivity (Wildman–Crippen MR) is 144 cm³/mol. The number of allylic oxidation sites excluding steroid dienone is 1. The summed E-state index contributed by atoms with van der Waals surface area (Å²) in [6.07, 6.45) is 5.67. The summed E-state index contributed by atoms with van der Waals surface area (Å²) in [7, 11) is 3.25. The molecule has 0 spiro atoms. The van der Waals surface area contributed by atoms with Crippen LogP contribution in [0.15, 0.2) is 60.7 Å². The van der Waals surface area contributed by atoms with E-state index in [2.05, 4.69) is 63.3 Å². The fraction of sp³-hybridized carbons (Fsp3) is 0.300. The number of carbonyl (C=O) groups is 1. The first-order chi connectivity index (χ1) is 16.7. The Labute approximate surface area is 211 Å². The summed E-state index contributed by atoms with van der Waals surface area (Å²) in [6.45, 7) is 6.74. The van der Waals surface area contributed by atoms with Gasteiger partial charge in [0.1, 0.15) is 0 Å². The molecule has 5 heteroatoms. The lowest BCUT2D eigenvalue weighted by molar-refractivity contribution is -0.0970. The van der Waals surface area contributed by atoms with Gasteiger partial charge in [0.2, 0.25) is 0 Å². The van der Waals surface area contributed by atoms with Crippen LogP contribution in [0.5, 0.6) is 0 Å². The fourth-order valence-corrected chi connectivity index (χ4v) is 5.51. The molecule has 35 heavy (non-hydrogen) atoms. The smallest absolute Gasteiger partial charge is 0.335 e. The molecular weight excluding hydrogens is 456 g/mol. The van der Waals surface area contributed by atoms with Crippen LogP contribution in [0.4, 0.5) is 0 Å². The van der Waals surface area contributed by atoms with Crippen LogP contribution in [0.1, 0.15) is 69.1 Å². The average Bonchev–Trinajstić information content (AvgIpc) is 3.27. The van der Waals surface area contributed by atoms with Crippen LogP contribution in [0.3, 0.4) is 0 Å². The van der Waals surface area contributed by atoms with Crippen molar-refractivity contribution >= 4 is 34.5 Å². The maximum atomic E-state index is 11.3. The highest BCUT2D eigenvalue weighted by Crippen LogP contribution is 2.43. The fourth-order valence-electron chi connectivity index (χ4n) is 4.58. The van der Waals surface area contributed by atoms with E-state index in [1.165, 1.54) is 26.5 Å². The molecule has 0 fully saturated rings. The van der Waals surface area contributed by atoms with Gasteiger partial charge in [0.25, 0.3) is 0 Å². The molecule has 2 aromatic carbocycles. The Kier molecular flexibility index (Phi) is 7.41. The summed E-state index contributed by atoms with van der Waals surface area (Å²) in [6, 6.07) is 18.1. The molecule has 4 rings (SSSR count). The Balaban J connectivity index is 1.80. The molecule has 0 saturated carbocycles. The molecule has 4 nitrogen and oxygen atoms in total. The molecule has 1 heterocycles. The van der Waals surface area contributed by atoms with Crippen molar-refractivity contribution in [1.29, 1.82) is 0 Å². The van der Waals surface area contributed by atoms with Gasteiger partial charge in [0, 0.05) is 30.4 Å². The molecule has 0 saturated heterocycles. The number of benzene rings is 2. The lowest BCUT2D eigenvalue weighted by atomic mass is 9.72. The molecule has 0 amide bonds. The molecular formula is C30H32O4S. The molecule has 3 aromatic rings. The zero-order valence-electron chi connectivity index (χ0n) is 20.9. The van der Waals surface area contributed by atoms with Gasteiger partial charge in [0.05, 0.1) is 5.56 Å². The minimum absolute atomic E-state index is 0.0695. The van der Waals surface area contributed by atoms with Crippen molar-refractivity contribution in [2.75, 3.05) is 14.2 Å². The van der Waals surface area contributed by atoms with Crippen LogP contribution in [-0.4, -0.2) is 31.6 Å². The maximum absolute atomic E-state index is 11.3. The summed E-state index contributed by atoms with van der Waals surface area (Å²) in [5.41, 5.74) is 7.31. The van der Waals surface area contributed by atoms with Gasteiger partial charge in [-0.2, -0.15) is 0 Å². The van der Waals surface area contributed by atoms with E-state index in [0.717, 1.165) is 23.1 Å². The number of hydrogen-bond acceptors (Lipinski definition) is 4. The summed E-state index contributed by atoms with van der Waals surface area (Å²) in [4.78, 5) is 13.9. The van der Waals surface area contributed by atoms with E-state index < -0.39 is 12.3 Å². The summed E-state index contributed by atoms with van der Waals surface area (Å²) in [5, 5.41) is 9.29. The Morgan fingerprint density at radius 2 is 1.74 bits per heavy atom. The quantitative estimate of drug-likeness (QED) is 0.265. The lowest BCUT2D eigenvalue weighted by Crippen LogP contribution is -2.21. The minimum atomic E-state index is -0.936. The molecule has 0 radical (unpaired) electrons. The summed E-state index contributed by atoms with van der Waals surface area (Å²) < 4.78 is 11.0. The third-order valence-corrected chi connectivity index (χ3v) is 7.68. The number of fused-ring (bicyclic) bond motifs is 1. The number of aryl methyl sites for hydroxylation is 1. The van der Waals surface area contributed by atoms with Gasteiger partial charge in [-0.3, -0.25) is 0 Å². The van der Waals surface area contributed by atoms with Crippen molar-refractivity contribution < 1.29 is 19.4 Å². The van der Waals surface area contributed by atoms with Crippen molar-refractivity contribution in [3.05, 3.63) is 98.2 Å². The standard InChI is InChI=1S/C30H32O4S/c1-19-6-13-27(35-19)24-14-15-30(2,3)26-12-7-20(17-25(24)26)16-23(18-28(33-4)34-5)21-8-10-22(11-9-21)29(31)32/h6-14,16-17,28H,15,18H2,1-5H3,(H,31,32). The monoisotopic (exact) mass is 488 g/mol. The first-order valence-corrected chi connectivity index (χ1v) is 12.6. The Bertz CT molecular complexity index is 1270. The van der Waals surface area contributed by atoms with E-state index in [4.69, 9.17) is 9.47 Å². The molecule has 0 atom stereocenters. The zero-order chi connectivity index (χ0) is 25.2. The number of methoxy groups -OCH3 is 2. The van der Waals surface area contributed by atoms with E-state index in [1.54, 1.807) is 26.4 Å².